The van der Waals surface area contributed by atoms with Crippen molar-refractivity contribution in [2.45, 2.75) is 13.0 Å². The van der Waals surface area contributed by atoms with Gasteiger partial charge in [0.2, 0.25) is 0 Å². The fraction of sp³-hybridized carbons (Fsp3) is 0.167. The van der Waals surface area contributed by atoms with E-state index in [4.69, 9.17) is 0 Å². The van der Waals surface area contributed by atoms with Gasteiger partial charge >= 0.3 is 0 Å². The van der Waals surface area contributed by atoms with E-state index >= 15 is 0 Å². The first-order valence-corrected chi connectivity index (χ1v) is 6.59. The van der Waals surface area contributed by atoms with Gasteiger partial charge in [0, 0.05) is 4.88 Å². The van der Waals surface area contributed by atoms with Crippen LogP contribution in [0.2, 0.25) is 0 Å². The standard InChI is InChI=1S/C12H8BrF3OS/c1-5-2-9(18-12(5)13)11(17)6-3-7(14)10(16)8(15)4-6/h2-4,11,17H,1H3. The second-order valence-electron chi connectivity index (χ2n) is 3.81. The predicted octanol–water partition coefficient (Wildman–Crippen LogP) is 4.32. The van der Waals surface area contributed by atoms with Crippen LogP contribution in [0.1, 0.15) is 22.1 Å². The summed E-state index contributed by atoms with van der Waals surface area (Å²) in [5, 5.41) is 10.0. The number of thiophene rings is 1. The number of aryl methyl sites for hydroxylation is 1. The van der Waals surface area contributed by atoms with Gasteiger partial charge in [0.1, 0.15) is 6.10 Å². The summed E-state index contributed by atoms with van der Waals surface area (Å²) < 4.78 is 39.8. The Labute approximate surface area is 114 Å². The first-order chi connectivity index (χ1) is 8.40. The summed E-state index contributed by atoms with van der Waals surface area (Å²) in [5.41, 5.74) is 0.900. The minimum Gasteiger partial charge on any atom is -0.383 e. The summed E-state index contributed by atoms with van der Waals surface area (Å²) in [6.45, 7) is 1.84. The van der Waals surface area contributed by atoms with Crippen LogP contribution in [-0.2, 0) is 0 Å². The zero-order chi connectivity index (χ0) is 13.4. The van der Waals surface area contributed by atoms with Crippen LogP contribution >= 0.6 is 27.3 Å². The van der Waals surface area contributed by atoms with E-state index < -0.39 is 23.6 Å². The van der Waals surface area contributed by atoms with E-state index in [2.05, 4.69) is 15.9 Å². The minimum absolute atomic E-state index is 0.0137. The molecule has 0 spiro atoms. The molecule has 1 nitrogen and oxygen atoms in total. The summed E-state index contributed by atoms with van der Waals surface area (Å²) in [6, 6.07) is 3.30. The van der Waals surface area contributed by atoms with Gasteiger partial charge in [-0.05, 0) is 52.2 Å². The van der Waals surface area contributed by atoms with Gasteiger partial charge in [-0.25, -0.2) is 13.2 Å². The normalized spacial score (nSPS) is 12.8. The number of halogens is 4. The molecule has 0 radical (unpaired) electrons. The smallest absolute Gasteiger partial charge is 0.194 e. The molecule has 0 aliphatic rings. The Kier molecular flexibility index (Phi) is 3.79. The summed E-state index contributed by atoms with van der Waals surface area (Å²) in [4.78, 5) is 0.532. The molecule has 0 aliphatic heterocycles. The average molecular weight is 337 g/mol. The van der Waals surface area contributed by atoms with Crippen LogP contribution in [0, 0.1) is 24.4 Å². The zero-order valence-corrected chi connectivity index (χ0v) is 11.6. The number of hydrogen-bond acceptors (Lipinski definition) is 2. The average Bonchev–Trinajstić information content (AvgIpc) is 2.65. The first kappa shape index (κ1) is 13.6. The molecule has 18 heavy (non-hydrogen) atoms. The molecule has 0 saturated heterocycles. The van der Waals surface area contributed by atoms with E-state index in [1.54, 1.807) is 6.07 Å². The lowest BCUT2D eigenvalue weighted by Crippen LogP contribution is -2.01. The lowest BCUT2D eigenvalue weighted by atomic mass is 10.1. The Morgan fingerprint density at radius 3 is 2.17 bits per heavy atom. The molecule has 0 fully saturated rings. The Bertz CT molecular complexity index is 554. The highest BCUT2D eigenvalue weighted by molar-refractivity contribution is 9.11. The molecule has 6 heteroatoms. The van der Waals surface area contributed by atoms with Crippen molar-refractivity contribution < 1.29 is 18.3 Å². The Morgan fingerprint density at radius 2 is 1.72 bits per heavy atom. The number of hydrogen-bond donors (Lipinski definition) is 1. The summed E-state index contributed by atoms with van der Waals surface area (Å²) in [5.74, 6) is -4.15. The van der Waals surface area contributed by atoms with E-state index in [1.807, 2.05) is 6.92 Å². The minimum atomic E-state index is -1.53. The van der Waals surface area contributed by atoms with E-state index in [0.29, 0.717) is 4.88 Å². The van der Waals surface area contributed by atoms with E-state index in [0.717, 1.165) is 21.5 Å². The second-order valence-corrected chi connectivity index (χ2v) is 6.21. The van der Waals surface area contributed by atoms with Crippen molar-refractivity contribution in [1.82, 2.24) is 0 Å². The predicted molar refractivity (Wildman–Crippen MR) is 67.1 cm³/mol. The van der Waals surface area contributed by atoms with E-state index in [-0.39, 0.29) is 5.56 Å². The third-order valence-corrected chi connectivity index (χ3v) is 4.66. The molecule has 0 amide bonds. The highest BCUT2D eigenvalue weighted by atomic mass is 79.9. The second kappa shape index (κ2) is 5.03. The van der Waals surface area contributed by atoms with Crippen LogP contribution in [-0.4, -0.2) is 5.11 Å². The van der Waals surface area contributed by atoms with Crippen LogP contribution in [0.25, 0.3) is 0 Å². The van der Waals surface area contributed by atoms with Gasteiger partial charge in [0.05, 0.1) is 3.79 Å². The molecule has 1 heterocycles. The van der Waals surface area contributed by atoms with Crippen molar-refractivity contribution in [2.75, 3.05) is 0 Å². The maximum Gasteiger partial charge on any atom is 0.194 e. The lowest BCUT2D eigenvalue weighted by Gasteiger charge is -2.09. The van der Waals surface area contributed by atoms with Crippen molar-refractivity contribution in [3.63, 3.8) is 0 Å². The number of rotatable bonds is 2. The van der Waals surface area contributed by atoms with Gasteiger partial charge < -0.3 is 5.11 Å². The Morgan fingerprint density at radius 1 is 1.17 bits per heavy atom. The highest BCUT2D eigenvalue weighted by Crippen LogP contribution is 2.34. The maximum atomic E-state index is 13.1. The summed E-state index contributed by atoms with van der Waals surface area (Å²) in [6.07, 6.45) is -1.18. The molecule has 0 bridgehead atoms. The lowest BCUT2D eigenvalue weighted by molar-refractivity contribution is 0.222. The molecule has 2 rings (SSSR count). The Balaban J connectivity index is 2.42. The fourth-order valence-corrected chi connectivity index (χ4v) is 3.10. The molecule has 1 aromatic carbocycles. The van der Waals surface area contributed by atoms with Crippen LogP contribution in [0.3, 0.4) is 0 Å². The van der Waals surface area contributed by atoms with Crippen LogP contribution in [0.15, 0.2) is 22.0 Å². The largest absolute Gasteiger partial charge is 0.383 e. The van der Waals surface area contributed by atoms with Crippen molar-refractivity contribution in [3.05, 3.63) is 55.4 Å². The molecule has 96 valence electrons. The summed E-state index contributed by atoms with van der Waals surface area (Å²) in [7, 11) is 0. The molecular weight excluding hydrogens is 329 g/mol. The topological polar surface area (TPSA) is 20.2 Å². The molecule has 1 unspecified atom stereocenters. The maximum absolute atomic E-state index is 13.1. The van der Waals surface area contributed by atoms with E-state index in [9.17, 15) is 18.3 Å². The third-order valence-electron chi connectivity index (χ3n) is 2.47. The molecule has 1 N–H and O–H groups in total. The van der Waals surface area contributed by atoms with Gasteiger partial charge in [0.25, 0.3) is 0 Å². The summed E-state index contributed by atoms with van der Waals surface area (Å²) >= 11 is 4.56. The van der Waals surface area contributed by atoms with Gasteiger partial charge in [-0.15, -0.1) is 11.3 Å². The van der Waals surface area contributed by atoms with Gasteiger partial charge in [-0.3, -0.25) is 0 Å². The van der Waals surface area contributed by atoms with Gasteiger partial charge in [-0.2, -0.15) is 0 Å². The van der Waals surface area contributed by atoms with Crippen LogP contribution < -0.4 is 0 Å². The monoisotopic (exact) mass is 336 g/mol. The highest BCUT2D eigenvalue weighted by Gasteiger charge is 2.19. The molecular formula is C12H8BrF3OS. The molecule has 1 atom stereocenters. The van der Waals surface area contributed by atoms with Crippen molar-refractivity contribution in [2.24, 2.45) is 0 Å². The van der Waals surface area contributed by atoms with Crippen LogP contribution in [0.4, 0.5) is 13.2 Å². The molecule has 1 aromatic heterocycles. The third kappa shape index (κ3) is 2.46. The van der Waals surface area contributed by atoms with Crippen molar-refractivity contribution in [1.29, 1.82) is 0 Å². The Hall–Kier alpha value is -0.850. The van der Waals surface area contributed by atoms with Crippen LogP contribution in [0.5, 0.6) is 0 Å². The van der Waals surface area contributed by atoms with Crippen molar-refractivity contribution >= 4 is 27.3 Å². The first-order valence-electron chi connectivity index (χ1n) is 4.98. The fourth-order valence-electron chi connectivity index (χ4n) is 1.52. The van der Waals surface area contributed by atoms with Gasteiger partial charge in [0.15, 0.2) is 17.5 Å². The van der Waals surface area contributed by atoms with E-state index in [1.165, 1.54) is 11.3 Å². The van der Waals surface area contributed by atoms with Gasteiger partial charge in [-0.1, -0.05) is 0 Å². The zero-order valence-electron chi connectivity index (χ0n) is 9.18. The molecule has 2 aromatic rings. The quantitative estimate of drug-likeness (QED) is 0.810. The SMILES string of the molecule is Cc1cc(C(O)c2cc(F)c(F)c(F)c2)sc1Br. The number of aliphatic hydroxyl groups is 1. The number of benzene rings is 1. The molecule has 0 aliphatic carbocycles. The van der Waals surface area contributed by atoms with Crippen molar-refractivity contribution in [3.8, 4) is 0 Å². The number of aliphatic hydroxyl groups excluding tert-OH is 1. The molecule has 0 saturated carbocycles.